The highest BCUT2D eigenvalue weighted by molar-refractivity contribution is 9.08. The summed E-state index contributed by atoms with van der Waals surface area (Å²) in [5.41, 5.74) is 2.37. The van der Waals surface area contributed by atoms with E-state index < -0.39 is 0 Å². The third kappa shape index (κ3) is 2.23. The van der Waals surface area contributed by atoms with Crippen molar-refractivity contribution in [3.8, 4) is 0 Å². The second-order valence-corrected chi connectivity index (χ2v) is 3.72. The first-order valence-electron chi connectivity index (χ1n) is 4.49. The number of rotatable bonds is 3. The summed E-state index contributed by atoms with van der Waals surface area (Å²) in [5, 5.41) is 0.814. The van der Waals surface area contributed by atoms with Crippen LogP contribution in [-0.2, 0) is 11.9 Å². The highest BCUT2D eigenvalue weighted by Crippen LogP contribution is 2.05. The van der Waals surface area contributed by atoms with Gasteiger partial charge in [-0.05, 0) is 5.56 Å². The van der Waals surface area contributed by atoms with Crippen LogP contribution in [0.15, 0.2) is 42.9 Å². The lowest BCUT2D eigenvalue weighted by Gasteiger charge is -2.00. The van der Waals surface area contributed by atoms with Gasteiger partial charge in [0.2, 0.25) is 0 Å². The molecule has 0 unspecified atom stereocenters. The van der Waals surface area contributed by atoms with Crippen LogP contribution >= 0.6 is 15.9 Å². The predicted molar refractivity (Wildman–Crippen MR) is 60.4 cm³/mol. The molecule has 72 valence electrons. The van der Waals surface area contributed by atoms with Crippen molar-refractivity contribution in [2.24, 2.45) is 0 Å². The minimum atomic E-state index is 0.814. The lowest BCUT2D eigenvalue weighted by atomic mass is 10.2. The van der Waals surface area contributed by atoms with Gasteiger partial charge in [0.1, 0.15) is 0 Å². The Morgan fingerprint density at radius 2 is 2.00 bits per heavy atom. The molecule has 0 aliphatic carbocycles. The molecule has 0 saturated heterocycles. The van der Waals surface area contributed by atoms with E-state index in [2.05, 4.69) is 55.9 Å². The van der Waals surface area contributed by atoms with Gasteiger partial charge in [-0.15, -0.1) is 0 Å². The van der Waals surface area contributed by atoms with E-state index in [1.807, 2.05) is 12.4 Å². The molecule has 0 atom stereocenters. The van der Waals surface area contributed by atoms with Gasteiger partial charge in [0.05, 0.1) is 12.0 Å². The van der Waals surface area contributed by atoms with Crippen molar-refractivity contribution >= 4 is 15.9 Å². The summed E-state index contributed by atoms with van der Waals surface area (Å²) in [6.45, 7) is 0.890. The molecule has 2 nitrogen and oxygen atoms in total. The number of hydrogen-bond acceptors (Lipinski definition) is 1. The van der Waals surface area contributed by atoms with Crippen molar-refractivity contribution in [3.05, 3.63) is 54.1 Å². The molecule has 0 aliphatic rings. The van der Waals surface area contributed by atoms with Gasteiger partial charge in [0.15, 0.2) is 0 Å². The van der Waals surface area contributed by atoms with Crippen molar-refractivity contribution in [3.63, 3.8) is 0 Å². The van der Waals surface area contributed by atoms with Crippen LogP contribution in [0.4, 0.5) is 0 Å². The Balaban J connectivity index is 2.11. The first kappa shape index (κ1) is 9.46. The maximum Gasteiger partial charge on any atom is 0.0952 e. The summed E-state index contributed by atoms with van der Waals surface area (Å²) in [5.74, 6) is 0. The summed E-state index contributed by atoms with van der Waals surface area (Å²) >= 11 is 3.38. The van der Waals surface area contributed by atoms with E-state index in [9.17, 15) is 0 Å². The first-order valence-corrected chi connectivity index (χ1v) is 5.61. The highest BCUT2D eigenvalue weighted by Gasteiger charge is 1.97. The fourth-order valence-corrected chi connectivity index (χ4v) is 1.65. The van der Waals surface area contributed by atoms with Crippen LogP contribution in [0.2, 0.25) is 0 Å². The van der Waals surface area contributed by atoms with Gasteiger partial charge in [-0.1, -0.05) is 46.3 Å². The van der Waals surface area contributed by atoms with Gasteiger partial charge in [-0.25, -0.2) is 4.98 Å². The first-order chi connectivity index (χ1) is 6.88. The highest BCUT2D eigenvalue weighted by atomic mass is 79.9. The normalized spacial score (nSPS) is 10.4. The van der Waals surface area contributed by atoms with Gasteiger partial charge >= 0.3 is 0 Å². The van der Waals surface area contributed by atoms with Crippen molar-refractivity contribution < 1.29 is 0 Å². The average Bonchev–Trinajstić information content (AvgIpc) is 2.67. The zero-order valence-corrected chi connectivity index (χ0v) is 9.31. The molecule has 1 aromatic heterocycles. The van der Waals surface area contributed by atoms with E-state index in [0.717, 1.165) is 17.6 Å². The lowest BCUT2D eigenvalue weighted by Crippen LogP contribution is -1.95. The number of nitrogens with zero attached hydrogens (tertiary/aromatic N) is 2. The molecule has 0 aliphatic heterocycles. The Kier molecular flexibility index (Phi) is 2.99. The van der Waals surface area contributed by atoms with Crippen LogP contribution in [-0.4, -0.2) is 9.55 Å². The summed E-state index contributed by atoms with van der Waals surface area (Å²) in [6, 6.07) is 10.4. The molecular formula is C11H11BrN2. The molecule has 0 N–H and O–H groups in total. The number of aromatic nitrogens is 2. The van der Waals surface area contributed by atoms with E-state index in [-0.39, 0.29) is 0 Å². The molecule has 2 aromatic rings. The van der Waals surface area contributed by atoms with Crippen molar-refractivity contribution in [2.75, 3.05) is 0 Å². The standard InChI is InChI=1S/C11H11BrN2/c12-6-11-8-14(9-13-11)7-10-4-2-1-3-5-10/h1-5,8-9H,6-7H2. The molecular weight excluding hydrogens is 240 g/mol. The Morgan fingerprint density at radius 3 is 2.64 bits per heavy atom. The molecule has 0 bridgehead atoms. The molecule has 0 amide bonds. The second kappa shape index (κ2) is 4.42. The summed E-state index contributed by atoms with van der Waals surface area (Å²) in [4.78, 5) is 4.25. The summed E-state index contributed by atoms with van der Waals surface area (Å²) in [6.07, 6.45) is 3.92. The number of hydrogen-bond donors (Lipinski definition) is 0. The average molecular weight is 251 g/mol. The van der Waals surface area contributed by atoms with Crippen molar-refractivity contribution in [1.82, 2.24) is 9.55 Å². The van der Waals surface area contributed by atoms with Gasteiger partial charge in [0.25, 0.3) is 0 Å². The largest absolute Gasteiger partial charge is 0.333 e. The zero-order valence-electron chi connectivity index (χ0n) is 7.73. The van der Waals surface area contributed by atoms with Crippen LogP contribution in [0.3, 0.4) is 0 Å². The molecule has 0 spiro atoms. The number of benzene rings is 1. The number of halogens is 1. The van der Waals surface area contributed by atoms with Gasteiger partial charge in [-0.2, -0.15) is 0 Å². The molecule has 1 aromatic carbocycles. The lowest BCUT2D eigenvalue weighted by molar-refractivity contribution is 0.797. The molecule has 0 radical (unpaired) electrons. The predicted octanol–water partition coefficient (Wildman–Crippen LogP) is 2.83. The van der Waals surface area contributed by atoms with Gasteiger partial charge in [0, 0.05) is 18.1 Å². The minimum absolute atomic E-state index is 0.814. The fourth-order valence-electron chi connectivity index (χ4n) is 1.36. The van der Waals surface area contributed by atoms with Crippen LogP contribution in [0.5, 0.6) is 0 Å². The van der Waals surface area contributed by atoms with E-state index in [4.69, 9.17) is 0 Å². The molecule has 14 heavy (non-hydrogen) atoms. The van der Waals surface area contributed by atoms with E-state index in [1.165, 1.54) is 5.56 Å². The summed E-state index contributed by atoms with van der Waals surface area (Å²) < 4.78 is 2.09. The Bertz CT molecular complexity index is 395. The Hall–Kier alpha value is -1.09. The molecule has 3 heteroatoms. The number of imidazole rings is 1. The maximum absolute atomic E-state index is 4.25. The van der Waals surface area contributed by atoms with Gasteiger partial charge in [-0.3, -0.25) is 0 Å². The van der Waals surface area contributed by atoms with Crippen LogP contribution < -0.4 is 0 Å². The van der Waals surface area contributed by atoms with Crippen molar-refractivity contribution in [1.29, 1.82) is 0 Å². The fraction of sp³-hybridized carbons (Fsp3) is 0.182. The third-order valence-electron chi connectivity index (χ3n) is 2.03. The monoisotopic (exact) mass is 250 g/mol. The molecule has 1 heterocycles. The van der Waals surface area contributed by atoms with Crippen LogP contribution in [0.25, 0.3) is 0 Å². The number of alkyl halides is 1. The quantitative estimate of drug-likeness (QED) is 0.767. The van der Waals surface area contributed by atoms with E-state index >= 15 is 0 Å². The summed E-state index contributed by atoms with van der Waals surface area (Å²) in [7, 11) is 0. The maximum atomic E-state index is 4.25. The van der Waals surface area contributed by atoms with E-state index in [1.54, 1.807) is 0 Å². The van der Waals surface area contributed by atoms with Crippen molar-refractivity contribution in [2.45, 2.75) is 11.9 Å². The van der Waals surface area contributed by atoms with Crippen LogP contribution in [0.1, 0.15) is 11.3 Å². The Morgan fingerprint density at radius 1 is 1.21 bits per heavy atom. The minimum Gasteiger partial charge on any atom is -0.333 e. The third-order valence-corrected chi connectivity index (χ3v) is 2.61. The molecule has 2 rings (SSSR count). The smallest absolute Gasteiger partial charge is 0.0952 e. The Labute approximate surface area is 91.7 Å². The molecule has 0 saturated carbocycles. The van der Waals surface area contributed by atoms with E-state index in [0.29, 0.717) is 0 Å². The second-order valence-electron chi connectivity index (χ2n) is 3.16. The van der Waals surface area contributed by atoms with Gasteiger partial charge < -0.3 is 4.57 Å². The SMILES string of the molecule is BrCc1cn(Cc2ccccc2)cn1. The van der Waals surface area contributed by atoms with Crippen LogP contribution in [0, 0.1) is 0 Å². The zero-order chi connectivity index (χ0) is 9.80. The molecule has 0 fully saturated rings. The topological polar surface area (TPSA) is 17.8 Å².